The van der Waals surface area contributed by atoms with Gasteiger partial charge < -0.3 is 15.5 Å². The van der Waals surface area contributed by atoms with E-state index in [2.05, 4.69) is 32.4 Å². The van der Waals surface area contributed by atoms with Crippen LogP contribution in [0.1, 0.15) is 13.8 Å². The Kier molecular flexibility index (Phi) is 5.98. The van der Waals surface area contributed by atoms with E-state index in [0.29, 0.717) is 0 Å². The quantitative estimate of drug-likeness (QED) is 0.684. The first-order chi connectivity index (χ1) is 10.00. The normalized spacial score (nSPS) is 23.2. The Morgan fingerprint density at radius 1 is 1.10 bits per heavy atom. The minimum absolute atomic E-state index is 0.151. The number of hydrogen-bond acceptors (Lipinski definition) is 5. The zero-order valence-corrected chi connectivity index (χ0v) is 13.8. The summed E-state index contributed by atoms with van der Waals surface area (Å²) in [5.41, 5.74) is -0.412. The molecule has 2 aliphatic heterocycles. The number of likely N-dealkylation sites (N-methyl/N-ethyl adjacent to an activating group) is 1. The van der Waals surface area contributed by atoms with Crippen LogP contribution in [0.15, 0.2) is 0 Å². The lowest BCUT2D eigenvalue weighted by Gasteiger charge is -2.40. The van der Waals surface area contributed by atoms with E-state index in [1.807, 2.05) is 13.8 Å². The van der Waals surface area contributed by atoms with Gasteiger partial charge in [0.2, 0.25) is 5.91 Å². The molecule has 0 aromatic carbocycles. The molecule has 0 saturated carbocycles. The molecule has 2 rings (SSSR count). The highest BCUT2D eigenvalue weighted by atomic mass is 16.2. The zero-order chi connectivity index (χ0) is 15.3. The van der Waals surface area contributed by atoms with Gasteiger partial charge in [-0.05, 0) is 20.9 Å². The molecule has 6 heteroatoms. The lowest BCUT2D eigenvalue weighted by molar-refractivity contribution is -0.132. The van der Waals surface area contributed by atoms with Gasteiger partial charge in [-0.1, -0.05) is 0 Å². The first kappa shape index (κ1) is 16.7. The third-order valence-corrected chi connectivity index (χ3v) is 4.77. The fourth-order valence-electron chi connectivity index (χ4n) is 2.98. The van der Waals surface area contributed by atoms with Crippen LogP contribution in [0.4, 0.5) is 0 Å². The third-order valence-electron chi connectivity index (χ3n) is 4.77. The fourth-order valence-corrected chi connectivity index (χ4v) is 2.98. The van der Waals surface area contributed by atoms with Gasteiger partial charge >= 0.3 is 0 Å². The summed E-state index contributed by atoms with van der Waals surface area (Å²) in [6, 6.07) is 0. The molecule has 2 heterocycles. The van der Waals surface area contributed by atoms with Crippen LogP contribution in [0.2, 0.25) is 0 Å². The molecule has 21 heavy (non-hydrogen) atoms. The highest BCUT2D eigenvalue weighted by Gasteiger charge is 2.34. The second-order valence-corrected chi connectivity index (χ2v) is 6.70. The predicted octanol–water partition coefficient (Wildman–Crippen LogP) is -0.966. The lowest BCUT2D eigenvalue weighted by atomic mass is 10.0. The Hall–Kier alpha value is -0.690. The van der Waals surface area contributed by atoms with Crippen molar-refractivity contribution < 1.29 is 4.79 Å². The molecule has 122 valence electrons. The van der Waals surface area contributed by atoms with Crippen molar-refractivity contribution in [2.24, 2.45) is 0 Å². The average molecular weight is 297 g/mol. The molecule has 2 saturated heterocycles. The Morgan fingerprint density at radius 3 is 2.33 bits per heavy atom. The van der Waals surface area contributed by atoms with E-state index in [4.69, 9.17) is 0 Å². The van der Waals surface area contributed by atoms with Crippen LogP contribution in [0.5, 0.6) is 0 Å². The van der Waals surface area contributed by atoms with Gasteiger partial charge in [0.15, 0.2) is 0 Å². The number of carbonyl (C=O) groups excluding carboxylic acids is 1. The van der Waals surface area contributed by atoms with Gasteiger partial charge in [0.25, 0.3) is 0 Å². The van der Waals surface area contributed by atoms with Gasteiger partial charge in [-0.25, -0.2) is 0 Å². The van der Waals surface area contributed by atoms with Crippen molar-refractivity contribution in [3.05, 3.63) is 0 Å². The SMILES string of the molecule is CN1CCN(CCNC(=O)C(C)(C)N2CCNCC2)CC1. The van der Waals surface area contributed by atoms with E-state index >= 15 is 0 Å². The number of carbonyl (C=O) groups is 1. The van der Waals surface area contributed by atoms with Crippen LogP contribution in [0, 0.1) is 0 Å². The maximum Gasteiger partial charge on any atom is 0.239 e. The number of hydrogen-bond donors (Lipinski definition) is 2. The van der Waals surface area contributed by atoms with Gasteiger partial charge in [-0.15, -0.1) is 0 Å². The summed E-state index contributed by atoms with van der Waals surface area (Å²) in [6.07, 6.45) is 0. The zero-order valence-electron chi connectivity index (χ0n) is 13.8. The van der Waals surface area contributed by atoms with Crippen molar-refractivity contribution in [3.8, 4) is 0 Å². The summed E-state index contributed by atoms with van der Waals surface area (Å²) in [6.45, 7) is 14.1. The molecule has 0 aromatic heterocycles. The Labute approximate surface area is 128 Å². The Morgan fingerprint density at radius 2 is 1.71 bits per heavy atom. The molecule has 1 amide bonds. The maximum atomic E-state index is 12.5. The van der Waals surface area contributed by atoms with Crippen molar-refractivity contribution in [3.63, 3.8) is 0 Å². The molecular weight excluding hydrogens is 266 g/mol. The van der Waals surface area contributed by atoms with Gasteiger partial charge in [-0.3, -0.25) is 14.6 Å². The van der Waals surface area contributed by atoms with E-state index in [1.54, 1.807) is 0 Å². The van der Waals surface area contributed by atoms with Crippen LogP contribution in [0.3, 0.4) is 0 Å². The average Bonchev–Trinajstić information content (AvgIpc) is 2.50. The molecule has 2 aliphatic rings. The van der Waals surface area contributed by atoms with Crippen LogP contribution < -0.4 is 10.6 Å². The van der Waals surface area contributed by atoms with Crippen molar-refractivity contribution >= 4 is 5.91 Å². The first-order valence-corrected chi connectivity index (χ1v) is 8.15. The van der Waals surface area contributed by atoms with Gasteiger partial charge in [0.1, 0.15) is 0 Å². The molecule has 0 spiro atoms. The van der Waals surface area contributed by atoms with E-state index < -0.39 is 5.54 Å². The molecule has 0 unspecified atom stereocenters. The second kappa shape index (κ2) is 7.54. The van der Waals surface area contributed by atoms with Crippen molar-refractivity contribution in [2.45, 2.75) is 19.4 Å². The van der Waals surface area contributed by atoms with Gasteiger partial charge in [-0.2, -0.15) is 0 Å². The minimum atomic E-state index is -0.412. The summed E-state index contributed by atoms with van der Waals surface area (Å²) < 4.78 is 0. The largest absolute Gasteiger partial charge is 0.353 e. The summed E-state index contributed by atoms with van der Waals surface area (Å²) in [5, 5.41) is 6.45. The first-order valence-electron chi connectivity index (χ1n) is 8.15. The number of amides is 1. The summed E-state index contributed by atoms with van der Waals surface area (Å²) in [4.78, 5) is 19.5. The molecular formula is C15H31N5O. The van der Waals surface area contributed by atoms with E-state index in [9.17, 15) is 4.79 Å². The lowest BCUT2D eigenvalue weighted by Crippen LogP contribution is -2.60. The smallest absolute Gasteiger partial charge is 0.239 e. The highest BCUT2D eigenvalue weighted by Crippen LogP contribution is 2.15. The Balaban J connectivity index is 1.70. The highest BCUT2D eigenvalue weighted by molar-refractivity contribution is 5.85. The molecule has 6 nitrogen and oxygen atoms in total. The van der Waals surface area contributed by atoms with Gasteiger partial charge in [0, 0.05) is 65.4 Å². The topological polar surface area (TPSA) is 50.9 Å². The van der Waals surface area contributed by atoms with Crippen LogP contribution in [0.25, 0.3) is 0 Å². The Bertz CT molecular complexity index is 333. The summed E-state index contributed by atoms with van der Waals surface area (Å²) in [7, 11) is 2.16. The van der Waals surface area contributed by atoms with E-state index in [1.165, 1.54) is 0 Å². The van der Waals surface area contributed by atoms with E-state index in [0.717, 1.165) is 65.4 Å². The van der Waals surface area contributed by atoms with Crippen molar-refractivity contribution in [2.75, 3.05) is 72.5 Å². The monoisotopic (exact) mass is 297 g/mol. The molecule has 0 aromatic rings. The molecule has 2 N–H and O–H groups in total. The van der Waals surface area contributed by atoms with Crippen LogP contribution >= 0.6 is 0 Å². The third kappa shape index (κ3) is 4.64. The standard InChI is InChI=1S/C15H31N5O/c1-15(2,20-8-4-16-5-9-20)14(21)17-6-7-19-12-10-18(3)11-13-19/h16H,4-13H2,1-3H3,(H,17,21). The second-order valence-electron chi connectivity index (χ2n) is 6.70. The maximum absolute atomic E-state index is 12.5. The number of rotatable bonds is 5. The fraction of sp³-hybridized carbons (Fsp3) is 0.933. The number of piperazine rings is 2. The molecule has 0 radical (unpaired) electrons. The molecule has 0 aliphatic carbocycles. The number of nitrogens with one attached hydrogen (secondary N) is 2. The number of nitrogens with zero attached hydrogens (tertiary/aromatic N) is 3. The minimum Gasteiger partial charge on any atom is -0.353 e. The van der Waals surface area contributed by atoms with Crippen molar-refractivity contribution in [1.82, 2.24) is 25.3 Å². The molecule has 0 bridgehead atoms. The molecule has 2 fully saturated rings. The van der Waals surface area contributed by atoms with Crippen molar-refractivity contribution in [1.29, 1.82) is 0 Å². The molecule has 0 atom stereocenters. The van der Waals surface area contributed by atoms with Gasteiger partial charge in [0.05, 0.1) is 5.54 Å². The summed E-state index contributed by atoms with van der Waals surface area (Å²) in [5.74, 6) is 0.151. The van der Waals surface area contributed by atoms with Crippen LogP contribution in [-0.2, 0) is 4.79 Å². The predicted molar refractivity (Wildman–Crippen MR) is 85.5 cm³/mol. The summed E-state index contributed by atoms with van der Waals surface area (Å²) >= 11 is 0. The van der Waals surface area contributed by atoms with Crippen LogP contribution in [-0.4, -0.2) is 98.6 Å². The van der Waals surface area contributed by atoms with E-state index in [-0.39, 0.29) is 5.91 Å².